The Morgan fingerprint density at radius 1 is 0.583 bits per heavy atom. The van der Waals surface area contributed by atoms with E-state index in [1.807, 2.05) is 0 Å². The third-order valence-corrected chi connectivity index (χ3v) is 6.57. The summed E-state index contributed by atoms with van der Waals surface area (Å²) in [4.78, 5) is 0. The van der Waals surface area contributed by atoms with Gasteiger partial charge in [0.2, 0.25) is 0 Å². The molecule has 0 aliphatic carbocycles. The molecule has 1 heterocycles. The first-order valence-electron chi connectivity index (χ1n) is 13.2. The molecule has 1 fully saturated rings. The van der Waals surface area contributed by atoms with Crippen molar-refractivity contribution in [3.8, 4) is 0 Å². The summed E-state index contributed by atoms with van der Waals surface area (Å²) in [6.45, 7) is 2.28. The van der Waals surface area contributed by atoms with Crippen LogP contribution in [0, 0.1) is 0 Å². The quantitative estimate of drug-likeness (QED) is 0.112. The summed E-state index contributed by atoms with van der Waals surface area (Å²) in [5, 5.41) is 0. The molecule has 2 nitrogen and oxygen atoms in total. The van der Waals surface area contributed by atoms with Gasteiger partial charge in [-0.2, -0.15) is 39.5 Å². The van der Waals surface area contributed by atoms with Gasteiger partial charge in [-0.1, -0.05) is 70.6 Å². The van der Waals surface area contributed by atoms with Gasteiger partial charge in [0.15, 0.2) is 0 Å². The van der Waals surface area contributed by atoms with Gasteiger partial charge in [-0.15, -0.1) is 0 Å². The summed E-state index contributed by atoms with van der Waals surface area (Å²) >= 11 is 0. The van der Waals surface area contributed by atoms with E-state index in [1.54, 1.807) is 0 Å². The largest absolute Gasteiger partial charge is 0.460 e. The third kappa shape index (κ3) is 11.4. The fourth-order valence-corrected chi connectivity index (χ4v) is 4.21. The van der Waals surface area contributed by atoms with Crippen molar-refractivity contribution in [1.29, 1.82) is 0 Å². The lowest BCUT2D eigenvalue weighted by Crippen LogP contribution is -2.60. The van der Waals surface area contributed by atoms with Crippen molar-refractivity contribution in [3.05, 3.63) is 0 Å². The van der Waals surface area contributed by atoms with Gasteiger partial charge in [0, 0.05) is 19.6 Å². The van der Waals surface area contributed by atoms with Crippen LogP contribution < -0.4 is 0 Å². The molecule has 0 saturated carbocycles. The van der Waals surface area contributed by atoms with E-state index in [1.165, 1.54) is 6.42 Å². The fourth-order valence-electron chi connectivity index (χ4n) is 4.21. The Balaban J connectivity index is 1.93. The molecular formula is C25H41F9O2. The number of hydrogen-bond donors (Lipinski definition) is 0. The van der Waals surface area contributed by atoms with Gasteiger partial charge in [-0.05, 0) is 32.1 Å². The number of unbranched alkanes of at least 4 members (excludes halogenated alkanes) is 12. The van der Waals surface area contributed by atoms with Gasteiger partial charge in [0.25, 0.3) is 0 Å². The topological polar surface area (TPSA) is 18.5 Å². The normalized spacial score (nSPS) is 18.1. The highest BCUT2D eigenvalue weighted by Gasteiger charge is 2.81. The predicted molar refractivity (Wildman–Crippen MR) is 120 cm³/mol. The summed E-state index contributed by atoms with van der Waals surface area (Å²) < 4.78 is 126. The number of ether oxygens (including phenoxy) is 2. The first-order chi connectivity index (χ1) is 16.8. The van der Waals surface area contributed by atoms with E-state index >= 15 is 0 Å². The molecule has 0 aromatic rings. The van der Waals surface area contributed by atoms with Gasteiger partial charge >= 0.3 is 23.9 Å². The van der Waals surface area contributed by atoms with Crippen molar-refractivity contribution < 1.29 is 49.0 Å². The van der Waals surface area contributed by atoms with Crippen molar-refractivity contribution in [2.75, 3.05) is 19.8 Å². The molecule has 0 bridgehead atoms. The molecule has 1 unspecified atom stereocenters. The Morgan fingerprint density at radius 3 is 1.50 bits per heavy atom. The average Bonchev–Trinajstić information content (AvgIpc) is 2.80. The minimum atomic E-state index is -6.79. The predicted octanol–water partition coefficient (Wildman–Crippen LogP) is 9.50. The highest BCUT2D eigenvalue weighted by molar-refractivity contribution is 5.00. The van der Waals surface area contributed by atoms with Gasteiger partial charge in [0.1, 0.15) is 0 Å². The summed E-state index contributed by atoms with van der Waals surface area (Å²) in [6.07, 6.45) is 5.35. The minimum absolute atomic E-state index is 0.0701. The zero-order valence-corrected chi connectivity index (χ0v) is 20.9. The molecule has 11 heteroatoms. The van der Waals surface area contributed by atoms with Crippen molar-refractivity contribution in [3.63, 3.8) is 0 Å². The van der Waals surface area contributed by atoms with E-state index in [4.69, 9.17) is 9.47 Å². The van der Waals surface area contributed by atoms with E-state index < -0.39 is 36.8 Å². The Kier molecular flexibility index (Phi) is 15.1. The van der Waals surface area contributed by atoms with Gasteiger partial charge in [-0.3, -0.25) is 0 Å². The molecule has 0 amide bonds. The average molecular weight is 545 g/mol. The van der Waals surface area contributed by atoms with Crippen LogP contribution in [0.2, 0.25) is 0 Å². The van der Waals surface area contributed by atoms with E-state index in [-0.39, 0.29) is 12.5 Å². The molecule has 0 aromatic heterocycles. The first kappa shape index (κ1) is 33.3. The summed E-state index contributed by atoms with van der Waals surface area (Å²) in [6, 6.07) is 0. The van der Waals surface area contributed by atoms with Gasteiger partial charge in [-0.25, -0.2) is 0 Å². The monoisotopic (exact) mass is 544 g/mol. The molecule has 1 aliphatic rings. The summed E-state index contributed by atoms with van der Waals surface area (Å²) in [5.74, 6) is -18.7. The molecule has 0 aromatic carbocycles. The van der Waals surface area contributed by atoms with Crippen LogP contribution in [0.3, 0.4) is 0 Å². The van der Waals surface area contributed by atoms with Gasteiger partial charge in [0.05, 0.1) is 12.7 Å². The molecule has 1 aliphatic heterocycles. The number of hydrogen-bond acceptors (Lipinski definition) is 2. The molecule has 1 atom stereocenters. The second-order valence-corrected chi connectivity index (χ2v) is 9.76. The van der Waals surface area contributed by atoms with Crippen molar-refractivity contribution in [1.82, 2.24) is 0 Å². The molecule has 36 heavy (non-hydrogen) atoms. The molecule has 0 N–H and O–H groups in total. The second-order valence-electron chi connectivity index (χ2n) is 9.76. The van der Waals surface area contributed by atoms with E-state index in [0.29, 0.717) is 19.4 Å². The van der Waals surface area contributed by atoms with Crippen LogP contribution in [0.25, 0.3) is 0 Å². The molecule has 0 spiro atoms. The SMILES string of the molecule is FC(F)(F)C(F)(F)C(F)(F)C(F)(F)CCCCCCCCCCCCCCCOCC1CCCCO1. The third-order valence-electron chi connectivity index (χ3n) is 6.57. The molecule has 216 valence electrons. The van der Waals surface area contributed by atoms with Crippen LogP contribution in [0.15, 0.2) is 0 Å². The number of halogens is 9. The Labute approximate surface area is 208 Å². The number of rotatable bonds is 20. The van der Waals surface area contributed by atoms with Crippen LogP contribution in [0.5, 0.6) is 0 Å². The first-order valence-corrected chi connectivity index (χ1v) is 13.2. The molecular weight excluding hydrogens is 503 g/mol. The van der Waals surface area contributed by atoms with Gasteiger partial charge < -0.3 is 9.47 Å². The van der Waals surface area contributed by atoms with E-state index in [2.05, 4.69) is 0 Å². The Morgan fingerprint density at radius 2 is 1.06 bits per heavy atom. The maximum Gasteiger partial charge on any atom is 0.460 e. The summed E-state index contributed by atoms with van der Waals surface area (Å²) in [7, 11) is 0. The molecule has 1 rings (SSSR count). The Hall–Kier alpha value is -0.710. The lowest BCUT2D eigenvalue weighted by atomic mass is 9.97. The second kappa shape index (κ2) is 16.3. The maximum atomic E-state index is 13.4. The van der Waals surface area contributed by atoms with Crippen LogP contribution in [0.1, 0.15) is 109 Å². The molecule has 0 radical (unpaired) electrons. The lowest BCUT2D eigenvalue weighted by molar-refractivity contribution is -0.396. The molecule has 1 saturated heterocycles. The Bertz CT molecular complexity index is 562. The lowest BCUT2D eigenvalue weighted by Gasteiger charge is -2.33. The van der Waals surface area contributed by atoms with Crippen molar-refractivity contribution >= 4 is 0 Å². The van der Waals surface area contributed by atoms with E-state index in [0.717, 1.165) is 83.8 Å². The maximum absolute atomic E-state index is 13.4. The number of alkyl halides is 9. The van der Waals surface area contributed by atoms with Crippen LogP contribution >= 0.6 is 0 Å². The highest BCUT2D eigenvalue weighted by Crippen LogP contribution is 2.54. The summed E-state index contributed by atoms with van der Waals surface area (Å²) in [5.41, 5.74) is 0. The van der Waals surface area contributed by atoms with E-state index in [9.17, 15) is 39.5 Å². The standard InChI is InChI=1S/C25H41F9O2/c26-22(27,23(28,29)24(30,31)25(32,33)34)17-13-10-8-6-4-2-1-3-5-7-9-11-14-18-35-20-21-16-12-15-19-36-21/h21H,1-20H2. The highest BCUT2D eigenvalue weighted by atomic mass is 19.4. The van der Waals surface area contributed by atoms with Crippen LogP contribution in [0.4, 0.5) is 39.5 Å². The van der Waals surface area contributed by atoms with Crippen molar-refractivity contribution in [2.24, 2.45) is 0 Å². The smallest absolute Gasteiger partial charge is 0.379 e. The zero-order valence-electron chi connectivity index (χ0n) is 20.9. The zero-order chi connectivity index (χ0) is 27.1. The van der Waals surface area contributed by atoms with Crippen LogP contribution in [-0.4, -0.2) is 49.9 Å². The minimum Gasteiger partial charge on any atom is -0.379 e. The van der Waals surface area contributed by atoms with Crippen LogP contribution in [-0.2, 0) is 9.47 Å². The fraction of sp³-hybridized carbons (Fsp3) is 1.00. The van der Waals surface area contributed by atoms with Crippen molar-refractivity contribution in [2.45, 2.75) is 139 Å².